The molecule has 1 saturated carbocycles. The molecule has 0 aliphatic heterocycles. The molecule has 4 heteroatoms. The first kappa shape index (κ1) is 14.5. The van der Waals surface area contributed by atoms with E-state index in [1.165, 1.54) is 25.7 Å². The molecule has 2 N–H and O–H groups in total. The molecule has 0 unspecified atom stereocenters. The van der Waals surface area contributed by atoms with Crippen LogP contribution in [0.1, 0.15) is 71.0 Å². The molecule has 0 spiro atoms. The largest absolute Gasteiger partial charge is 0.339 e. The summed E-state index contributed by atoms with van der Waals surface area (Å²) in [5.41, 5.74) is 5.69. The van der Waals surface area contributed by atoms with Gasteiger partial charge in [0.25, 0.3) is 0 Å². The monoisotopic (exact) mass is 265 g/mol. The molecule has 0 bridgehead atoms. The number of nitrogens with two attached hydrogens (primary N) is 1. The van der Waals surface area contributed by atoms with Crippen molar-refractivity contribution in [1.82, 2.24) is 10.1 Å². The van der Waals surface area contributed by atoms with E-state index in [1.807, 2.05) is 13.8 Å². The molecular formula is C15H27N3O. The predicted molar refractivity (Wildman–Crippen MR) is 75.8 cm³/mol. The van der Waals surface area contributed by atoms with Crippen LogP contribution in [-0.2, 0) is 6.42 Å². The maximum atomic E-state index is 5.98. The van der Waals surface area contributed by atoms with E-state index in [4.69, 9.17) is 10.3 Å². The van der Waals surface area contributed by atoms with Gasteiger partial charge in [-0.05, 0) is 51.4 Å². The minimum Gasteiger partial charge on any atom is -0.339 e. The first-order valence-electron chi connectivity index (χ1n) is 7.46. The molecule has 1 aliphatic carbocycles. The minimum atomic E-state index is -0.293. The Labute approximate surface area is 116 Å². The lowest BCUT2D eigenvalue weighted by Crippen LogP contribution is -2.34. The van der Waals surface area contributed by atoms with Gasteiger partial charge >= 0.3 is 0 Å². The Morgan fingerprint density at radius 1 is 1.26 bits per heavy atom. The SMILES string of the molecule is CC(C)C1CCC(c2noc(CC(C)(C)N)n2)CC1. The van der Waals surface area contributed by atoms with Gasteiger partial charge in [-0.25, -0.2) is 0 Å². The van der Waals surface area contributed by atoms with Crippen molar-refractivity contribution in [3.63, 3.8) is 0 Å². The molecule has 0 aromatic carbocycles. The fraction of sp³-hybridized carbons (Fsp3) is 0.867. The predicted octanol–water partition coefficient (Wildman–Crippen LogP) is 3.28. The highest BCUT2D eigenvalue weighted by Gasteiger charge is 2.27. The van der Waals surface area contributed by atoms with Crippen LogP contribution in [0.25, 0.3) is 0 Å². The third kappa shape index (κ3) is 4.03. The van der Waals surface area contributed by atoms with E-state index in [0.29, 0.717) is 18.2 Å². The summed E-state index contributed by atoms with van der Waals surface area (Å²) < 4.78 is 5.33. The normalized spacial score (nSPS) is 24.9. The maximum absolute atomic E-state index is 5.98. The Hall–Kier alpha value is -0.900. The zero-order valence-corrected chi connectivity index (χ0v) is 12.6. The average molecular weight is 265 g/mol. The average Bonchev–Trinajstić information content (AvgIpc) is 2.75. The van der Waals surface area contributed by atoms with Crippen molar-refractivity contribution in [1.29, 1.82) is 0 Å². The molecule has 0 saturated heterocycles. The van der Waals surface area contributed by atoms with Crippen molar-refractivity contribution in [2.75, 3.05) is 0 Å². The van der Waals surface area contributed by atoms with Crippen molar-refractivity contribution in [3.8, 4) is 0 Å². The van der Waals surface area contributed by atoms with Crippen molar-refractivity contribution in [2.24, 2.45) is 17.6 Å². The summed E-state index contributed by atoms with van der Waals surface area (Å²) in [4.78, 5) is 4.53. The van der Waals surface area contributed by atoms with Gasteiger partial charge in [0.2, 0.25) is 5.89 Å². The smallest absolute Gasteiger partial charge is 0.228 e. The second-order valence-corrected chi connectivity index (χ2v) is 7.07. The highest BCUT2D eigenvalue weighted by molar-refractivity contribution is 4.99. The third-order valence-corrected chi connectivity index (χ3v) is 4.17. The number of rotatable bonds is 4. The lowest BCUT2D eigenvalue weighted by molar-refractivity contribution is 0.251. The quantitative estimate of drug-likeness (QED) is 0.907. The number of hydrogen-bond donors (Lipinski definition) is 1. The molecule has 1 aromatic rings. The second kappa shape index (κ2) is 5.61. The van der Waals surface area contributed by atoms with Crippen LogP contribution in [0.2, 0.25) is 0 Å². The molecule has 1 aliphatic rings. The Balaban J connectivity index is 1.93. The number of aromatic nitrogens is 2. The summed E-state index contributed by atoms with van der Waals surface area (Å²) in [6.07, 6.45) is 5.59. The zero-order chi connectivity index (χ0) is 14.0. The van der Waals surface area contributed by atoms with Gasteiger partial charge in [0, 0.05) is 17.9 Å². The molecule has 1 aromatic heterocycles. The van der Waals surface area contributed by atoms with Gasteiger partial charge in [-0.1, -0.05) is 19.0 Å². The number of nitrogens with zero attached hydrogens (tertiary/aromatic N) is 2. The second-order valence-electron chi connectivity index (χ2n) is 7.07. The minimum absolute atomic E-state index is 0.293. The summed E-state index contributed by atoms with van der Waals surface area (Å²) in [7, 11) is 0. The molecule has 2 rings (SSSR count). The molecule has 1 fully saturated rings. The van der Waals surface area contributed by atoms with Gasteiger partial charge in [-0.3, -0.25) is 0 Å². The van der Waals surface area contributed by atoms with Crippen LogP contribution >= 0.6 is 0 Å². The van der Waals surface area contributed by atoms with Crippen LogP contribution in [0.5, 0.6) is 0 Å². The third-order valence-electron chi connectivity index (χ3n) is 4.17. The van der Waals surface area contributed by atoms with Gasteiger partial charge in [-0.2, -0.15) is 4.98 Å². The van der Waals surface area contributed by atoms with E-state index in [9.17, 15) is 0 Å². The lowest BCUT2D eigenvalue weighted by atomic mass is 9.77. The van der Waals surface area contributed by atoms with Crippen LogP contribution in [0.4, 0.5) is 0 Å². The molecule has 19 heavy (non-hydrogen) atoms. The van der Waals surface area contributed by atoms with Crippen molar-refractivity contribution < 1.29 is 4.52 Å². The molecule has 4 nitrogen and oxygen atoms in total. The van der Waals surface area contributed by atoms with Gasteiger partial charge in [0.1, 0.15) is 0 Å². The van der Waals surface area contributed by atoms with Crippen LogP contribution in [0.15, 0.2) is 4.52 Å². The highest BCUT2D eigenvalue weighted by atomic mass is 16.5. The van der Waals surface area contributed by atoms with Gasteiger partial charge in [-0.15, -0.1) is 0 Å². The number of hydrogen-bond acceptors (Lipinski definition) is 4. The van der Waals surface area contributed by atoms with E-state index in [0.717, 1.165) is 17.7 Å². The Morgan fingerprint density at radius 2 is 1.89 bits per heavy atom. The van der Waals surface area contributed by atoms with Crippen molar-refractivity contribution in [2.45, 2.75) is 71.3 Å². The van der Waals surface area contributed by atoms with Crippen molar-refractivity contribution in [3.05, 3.63) is 11.7 Å². The van der Waals surface area contributed by atoms with E-state index in [1.54, 1.807) is 0 Å². The lowest BCUT2D eigenvalue weighted by Gasteiger charge is -2.29. The first-order chi connectivity index (χ1) is 8.85. The standard InChI is InChI=1S/C15H27N3O/c1-10(2)11-5-7-12(8-6-11)14-17-13(19-18-14)9-15(3,4)16/h10-12H,5-9,16H2,1-4H3. The maximum Gasteiger partial charge on any atom is 0.228 e. The Morgan fingerprint density at radius 3 is 2.42 bits per heavy atom. The van der Waals surface area contributed by atoms with Crippen LogP contribution in [0.3, 0.4) is 0 Å². The van der Waals surface area contributed by atoms with E-state index in [-0.39, 0.29) is 5.54 Å². The van der Waals surface area contributed by atoms with E-state index in [2.05, 4.69) is 24.0 Å². The topological polar surface area (TPSA) is 64.9 Å². The molecule has 108 valence electrons. The fourth-order valence-electron chi connectivity index (χ4n) is 2.94. The molecule has 0 atom stereocenters. The molecule has 0 radical (unpaired) electrons. The van der Waals surface area contributed by atoms with Crippen LogP contribution in [-0.4, -0.2) is 15.7 Å². The van der Waals surface area contributed by atoms with Crippen molar-refractivity contribution >= 4 is 0 Å². The Bertz CT molecular complexity index is 398. The van der Waals surface area contributed by atoms with E-state index < -0.39 is 0 Å². The summed E-state index contributed by atoms with van der Waals surface area (Å²) in [6, 6.07) is 0. The molecule has 0 amide bonds. The first-order valence-corrected chi connectivity index (χ1v) is 7.46. The van der Waals surface area contributed by atoms with Crippen LogP contribution in [0, 0.1) is 11.8 Å². The molecule has 1 heterocycles. The fourth-order valence-corrected chi connectivity index (χ4v) is 2.94. The summed E-state index contributed by atoms with van der Waals surface area (Å²) >= 11 is 0. The van der Waals surface area contributed by atoms with Gasteiger partial charge < -0.3 is 10.3 Å². The molecular weight excluding hydrogens is 238 g/mol. The van der Waals surface area contributed by atoms with Gasteiger partial charge in [0.15, 0.2) is 5.82 Å². The van der Waals surface area contributed by atoms with Gasteiger partial charge in [0.05, 0.1) is 0 Å². The van der Waals surface area contributed by atoms with Crippen LogP contribution < -0.4 is 5.73 Å². The zero-order valence-electron chi connectivity index (χ0n) is 12.6. The highest BCUT2D eigenvalue weighted by Crippen LogP contribution is 2.37. The summed E-state index contributed by atoms with van der Waals surface area (Å²) in [6.45, 7) is 8.59. The summed E-state index contributed by atoms with van der Waals surface area (Å²) in [5, 5.41) is 4.15. The summed E-state index contributed by atoms with van der Waals surface area (Å²) in [5.74, 6) is 3.70. The van der Waals surface area contributed by atoms with E-state index >= 15 is 0 Å². The Kier molecular flexibility index (Phi) is 4.29.